The predicted octanol–water partition coefficient (Wildman–Crippen LogP) is 1.87. The summed E-state index contributed by atoms with van der Waals surface area (Å²) in [6, 6.07) is 1.45. The van der Waals surface area contributed by atoms with Gasteiger partial charge in [-0.25, -0.2) is 13.1 Å². The topological polar surface area (TPSA) is 59.1 Å². The summed E-state index contributed by atoms with van der Waals surface area (Å²) in [6.07, 6.45) is 2.75. The molecule has 0 spiro atoms. The summed E-state index contributed by atoms with van der Waals surface area (Å²) in [5.41, 5.74) is 0. The van der Waals surface area contributed by atoms with Crippen molar-refractivity contribution in [2.45, 2.75) is 4.90 Å². The van der Waals surface area contributed by atoms with Crippen molar-refractivity contribution in [3.8, 4) is 0 Å². The SMILES string of the molecule is C=C(Cl)CNS(=O)(=O)c1cncc(Br)c1. The fourth-order valence-electron chi connectivity index (χ4n) is 0.796. The van der Waals surface area contributed by atoms with Crippen LogP contribution in [0.25, 0.3) is 0 Å². The number of rotatable bonds is 4. The minimum atomic E-state index is -3.57. The number of pyridine rings is 1. The Kier molecular flexibility index (Phi) is 4.27. The smallest absolute Gasteiger partial charge is 0.242 e. The van der Waals surface area contributed by atoms with Gasteiger partial charge >= 0.3 is 0 Å². The standard InChI is InChI=1S/C8H8BrClN2O2S/c1-6(10)3-12-15(13,14)8-2-7(9)4-11-5-8/h2,4-5,12H,1,3H2. The largest absolute Gasteiger partial charge is 0.262 e. The zero-order valence-corrected chi connectivity index (χ0v) is 10.7. The summed E-state index contributed by atoms with van der Waals surface area (Å²) in [7, 11) is -3.57. The molecule has 0 radical (unpaired) electrons. The minimum Gasteiger partial charge on any atom is -0.262 e. The van der Waals surface area contributed by atoms with E-state index in [1.54, 1.807) is 0 Å². The van der Waals surface area contributed by atoms with E-state index in [2.05, 4.69) is 32.2 Å². The molecule has 0 fully saturated rings. The molecule has 1 aromatic heterocycles. The van der Waals surface area contributed by atoms with Crippen molar-refractivity contribution < 1.29 is 8.42 Å². The maximum atomic E-state index is 11.6. The summed E-state index contributed by atoms with van der Waals surface area (Å²) >= 11 is 8.59. The fraction of sp³-hybridized carbons (Fsp3) is 0.125. The van der Waals surface area contributed by atoms with Crippen LogP contribution in [0.15, 0.2) is 39.4 Å². The lowest BCUT2D eigenvalue weighted by Crippen LogP contribution is -2.24. The van der Waals surface area contributed by atoms with Crippen LogP contribution in [0.4, 0.5) is 0 Å². The number of nitrogens with one attached hydrogen (secondary N) is 1. The van der Waals surface area contributed by atoms with Crippen LogP contribution in [0, 0.1) is 0 Å². The molecule has 1 aromatic rings. The molecular weight excluding hydrogens is 304 g/mol. The first-order valence-corrected chi connectivity index (χ1v) is 6.51. The van der Waals surface area contributed by atoms with Gasteiger partial charge in [-0.2, -0.15) is 0 Å². The Labute approximate surface area is 102 Å². The van der Waals surface area contributed by atoms with E-state index in [-0.39, 0.29) is 16.5 Å². The van der Waals surface area contributed by atoms with Gasteiger partial charge < -0.3 is 0 Å². The van der Waals surface area contributed by atoms with E-state index in [0.717, 1.165) is 0 Å². The molecule has 0 atom stereocenters. The monoisotopic (exact) mass is 310 g/mol. The first-order valence-electron chi connectivity index (χ1n) is 3.85. The summed E-state index contributed by atoms with van der Waals surface area (Å²) in [4.78, 5) is 3.83. The van der Waals surface area contributed by atoms with Crippen molar-refractivity contribution in [1.82, 2.24) is 9.71 Å². The number of halogens is 2. The third-order valence-electron chi connectivity index (χ3n) is 1.44. The Morgan fingerprint density at radius 3 is 2.80 bits per heavy atom. The van der Waals surface area contributed by atoms with Crippen LogP contribution < -0.4 is 4.72 Å². The molecule has 0 aromatic carbocycles. The summed E-state index contributed by atoms with van der Waals surface area (Å²) < 4.78 is 26.1. The third-order valence-corrected chi connectivity index (χ3v) is 3.38. The lowest BCUT2D eigenvalue weighted by Gasteiger charge is -2.05. The molecular formula is C8H8BrClN2O2S. The molecule has 82 valence electrons. The Morgan fingerprint density at radius 1 is 1.60 bits per heavy atom. The summed E-state index contributed by atoms with van der Waals surface area (Å²) in [5.74, 6) is 0. The Bertz CT molecular complexity index is 475. The van der Waals surface area contributed by atoms with E-state index >= 15 is 0 Å². The lowest BCUT2D eigenvalue weighted by atomic mass is 10.5. The molecule has 0 saturated heterocycles. The Morgan fingerprint density at radius 2 is 2.27 bits per heavy atom. The van der Waals surface area contributed by atoms with Gasteiger partial charge in [0.25, 0.3) is 0 Å². The highest BCUT2D eigenvalue weighted by Crippen LogP contribution is 2.14. The van der Waals surface area contributed by atoms with Crippen LogP contribution in [0.2, 0.25) is 0 Å². The first kappa shape index (κ1) is 12.6. The van der Waals surface area contributed by atoms with Gasteiger partial charge in [-0.3, -0.25) is 4.98 Å². The van der Waals surface area contributed by atoms with Gasteiger partial charge in [0.2, 0.25) is 10.0 Å². The molecule has 7 heteroatoms. The van der Waals surface area contributed by atoms with Crippen LogP contribution in [0.3, 0.4) is 0 Å². The number of nitrogens with zero attached hydrogens (tertiary/aromatic N) is 1. The van der Waals surface area contributed by atoms with Gasteiger partial charge in [-0.1, -0.05) is 18.2 Å². The Hall–Kier alpha value is -0.430. The minimum absolute atomic E-state index is 0.00357. The lowest BCUT2D eigenvalue weighted by molar-refractivity contribution is 0.585. The van der Waals surface area contributed by atoms with Crippen molar-refractivity contribution in [3.63, 3.8) is 0 Å². The maximum Gasteiger partial charge on any atom is 0.242 e. The molecule has 0 aliphatic heterocycles. The van der Waals surface area contributed by atoms with Crippen molar-refractivity contribution in [1.29, 1.82) is 0 Å². The summed E-state index contributed by atoms with van der Waals surface area (Å²) in [6.45, 7) is 3.38. The van der Waals surface area contributed by atoms with Gasteiger partial charge in [0.15, 0.2) is 0 Å². The van der Waals surface area contributed by atoms with Gasteiger partial charge in [0.05, 0.1) is 0 Å². The van der Waals surface area contributed by atoms with E-state index in [4.69, 9.17) is 11.6 Å². The Balaban J connectivity index is 2.91. The average molecular weight is 312 g/mol. The number of sulfonamides is 1. The molecule has 0 saturated carbocycles. The fourth-order valence-corrected chi connectivity index (χ4v) is 2.47. The van der Waals surface area contributed by atoms with Gasteiger partial charge in [-0.05, 0) is 22.0 Å². The molecule has 0 bridgehead atoms. The van der Waals surface area contributed by atoms with Crippen molar-refractivity contribution in [2.75, 3.05) is 6.54 Å². The molecule has 15 heavy (non-hydrogen) atoms. The van der Waals surface area contributed by atoms with Crippen molar-refractivity contribution in [3.05, 3.63) is 34.5 Å². The second-order valence-electron chi connectivity index (χ2n) is 2.68. The molecule has 0 aliphatic carbocycles. The van der Waals surface area contributed by atoms with E-state index in [1.165, 1.54) is 18.5 Å². The van der Waals surface area contributed by atoms with Crippen LogP contribution >= 0.6 is 27.5 Å². The van der Waals surface area contributed by atoms with E-state index in [1.807, 2.05) is 0 Å². The molecule has 1 N–H and O–H groups in total. The average Bonchev–Trinajstić information content (AvgIpc) is 2.15. The van der Waals surface area contributed by atoms with Crippen molar-refractivity contribution in [2.24, 2.45) is 0 Å². The number of hydrogen-bond donors (Lipinski definition) is 1. The molecule has 0 unspecified atom stereocenters. The third kappa shape index (κ3) is 3.90. The normalized spacial score (nSPS) is 11.3. The van der Waals surface area contributed by atoms with Gasteiger partial charge in [-0.15, -0.1) is 0 Å². The molecule has 0 aliphatic rings. The zero-order valence-electron chi connectivity index (χ0n) is 7.57. The highest BCUT2D eigenvalue weighted by molar-refractivity contribution is 9.10. The van der Waals surface area contributed by atoms with Crippen LogP contribution in [-0.4, -0.2) is 19.9 Å². The van der Waals surface area contributed by atoms with Crippen LogP contribution in [0.1, 0.15) is 0 Å². The number of aromatic nitrogens is 1. The van der Waals surface area contributed by atoms with E-state index in [0.29, 0.717) is 4.47 Å². The quantitative estimate of drug-likeness (QED) is 0.923. The van der Waals surface area contributed by atoms with E-state index < -0.39 is 10.0 Å². The van der Waals surface area contributed by atoms with Crippen molar-refractivity contribution >= 4 is 37.6 Å². The van der Waals surface area contributed by atoms with Gasteiger partial charge in [0.1, 0.15) is 4.90 Å². The van der Waals surface area contributed by atoms with Gasteiger partial charge in [0, 0.05) is 28.4 Å². The predicted molar refractivity (Wildman–Crippen MR) is 62.1 cm³/mol. The highest BCUT2D eigenvalue weighted by Gasteiger charge is 2.14. The first-order chi connectivity index (χ1) is 6.92. The maximum absolute atomic E-state index is 11.6. The van der Waals surface area contributed by atoms with Crippen LogP contribution in [0.5, 0.6) is 0 Å². The zero-order chi connectivity index (χ0) is 11.5. The second kappa shape index (κ2) is 5.07. The summed E-state index contributed by atoms with van der Waals surface area (Å²) in [5, 5.41) is 0.224. The molecule has 4 nitrogen and oxygen atoms in total. The molecule has 1 heterocycles. The van der Waals surface area contributed by atoms with E-state index in [9.17, 15) is 8.42 Å². The second-order valence-corrected chi connectivity index (χ2v) is 5.90. The molecule has 1 rings (SSSR count). The molecule has 0 amide bonds. The number of hydrogen-bond acceptors (Lipinski definition) is 3. The van der Waals surface area contributed by atoms with Crippen LogP contribution in [-0.2, 0) is 10.0 Å². The highest BCUT2D eigenvalue weighted by atomic mass is 79.9.